The highest BCUT2D eigenvalue weighted by Crippen LogP contribution is 2.34. The third-order valence-corrected chi connectivity index (χ3v) is 2.21. The van der Waals surface area contributed by atoms with Crippen LogP contribution < -0.4 is 5.73 Å². The lowest BCUT2D eigenvalue weighted by Gasteiger charge is -2.12. The van der Waals surface area contributed by atoms with E-state index in [4.69, 9.17) is 5.73 Å². The highest BCUT2D eigenvalue weighted by molar-refractivity contribution is 5.78. The van der Waals surface area contributed by atoms with Crippen LogP contribution in [-0.4, -0.2) is 6.18 Å². The van der Waals surface area contributed by atoms with E-state index in [0.29, 0.717) is 6.07 Å². The van der Waals surface area contributed by atoms with E-state index in [1.54, 1.807) is 0 Å². The van der Waals surface area contributed by atoms with Gasteiger partial charge in [-0.05, 0) is 12.1 Å². The van der Waals surface area contributed by atoms with Crippen LogP contribution in [0.5, 0.6) is 0 Å². The number of rotatable bonds is 1. The van der Waals surface area contributed by atoms with E-state index >= 15 is 0 Å². The van der Waals surface area contributed by atoms with Crippen LogP contribution >= 0.6 is 0 Å². The molecule has 2 aromatic rings. The molecular formula is C10H6F5NO. The Morgan fingerprint density at radius 1 is 1.12 bits per heavy atom. The summed E-state index contributed by atoms with van der Waals surface area (Å²) < 4.78 is 67.5. The SMILES string of the molecule is N[C@H](c1cc2cc(F)cc(F)c2o1)C(F)(F)F. The maximum Gasteiger partial charge on any atom is 0.410 e. The topological polar surface area (TPSA) is 39.2 Å². The van der Waals surface area contributed by atoms with Crippen LogP contribution in [0.25, 0.3) is 11.0 Å². The summed E-state index contributed by atoms with van der Waals surface area (Å²) >= 11 is 0. The van der Waals surface area contributed by atoms with E-state index in [-0.39, 0.29) is 5.39 Å². The third kappa shape index (κ3) is 2.10. The molecule has 0 fully saturated rings. The summed E-state index contributed by atoms with van der Waals surface area (Å²) in [5, 5.41) is -0.0998. The maximum atomic E-state index is 13.2. The van der Waals surface area contributed by atoms with E-state index < -0.39 is 35.2 Å². The smallest absolute Gasteiger partial charge is 0.410 e. The number of hydrogen-bond acceptors (Lipinski definition) is 2. The van der Waals surface area contributed by atoms with Gasteiger partial charge in [0.2, 0.25) is 0 Å². The fraction of sp³-hybridized carbons (Fsp3) is 0.200. The Kier molecular flexibility index (Phi) is 2.57. The second-order valence-corrected chi connectivity index (χ2v) is 3.47. The van der Waals surface area contributed by atoms with E-state index in [1.165, 1.54) is 0 Å². The Labute approximate surface area is 91.8 Å². The summed E-state index contributed by atoms with van der Waals surface area (Å²) in [6, 6.07) is -0.0968. The van der Waals surface area contributed by atoms with Gasteiger partial charge in [0.15, 0.2) is 17.4 Å². The number of nitrogens with two attached hydrogens (primary N) is 1. The molecule has 0 aliphatic rings. The van der Waals surface area contributed by atoms with Crippen LogP contribution in [0.1, 0.15) is 11.8 Å². The van der Waals surface area contributed by atoms with Crippen LogP contribution in [-0.2, 0) is 0 Å². The molecule has 92 valence electrons. The fourth-order valence-corrected chi connectivity index (χ4v) is 1.41. The Hall–Kier alpha value is -1.63. The van der Waals surface area contributed by atoms with Gasteiger partial charge in [-0.15, -0.1) is 0 Å². The lowest BCUT2D eigenvalue weighted by molar-refractivity contribution is -0.152. The van der Waals surface area contributed by atoms with E-state index in [1.807, 2.05) is 0 Å². The van der Waals surface area contributed by atoms with Crippen molar-refractivity contribution in [2.75, 3.05) is 0 Å². The molecule has 0 aliphatic carbocycles. The van der Waals surface area contributed by atoms with Gasteiger partial charge < -0.3 is 10.2 Å². The molecule has 17 heavy (non-hydrogen) atoms. The minimum Gasteiger partial charge on any atom is -0.456 e. The first-order valence-corrected chi connectivity index (χ1v) is 4.50. The average molecular weight is 251 g/mol. The third-order valence-electron chi connectivity index (χ3n) is 2.21. The van der Waals surface area contributed by atoms with Crippen LogP contribution in [0.3, 0.4) is 0 Å². The van der Waals surface area contributed by atoms with Crippen molar-refractivity contribution >= 4 is 11.0 Å². The standard InChI is InChI=1S/C10H6F5NO/c11-5-1-4-2-7(9(16)10(13,14)15)17-8(4)6(12)3-5/h1-3,9H,16H2/t9-/m1/s1. The monoisotopic (exact) mass is 251 g/mol. The van der Waals surface area contributed by atoms with Crippen LogP contribution in [0.4, 0.5) is 22.0 Å². The van der Waals surface area contributed by atoms with Crippen molar-refractivity contribution in [3.8, 4) is 0 Å². The second-order valence-electron chi connectivity index (χ2n) is 3.47. The van der Waals surface area contributed by atoms with Crippen LogP contribution in [0.2, 0.25) is 0 Å². The van der Waals surface area contributed by atoms with Gasteiger partial charge in [0.05, 0.1) is 0 Å². The molecule has 2 nitrogen and oxygen atoms in total. The highest BCUT2D eigenvalue weighted by Gasteiger charge is 2.40. The molecule has 7 heteroatoms. The minimum absolute atomic E-state index is 0.0998. The van der Waals surface area contributed by atoms with Gasteiger partial charge in [0.25, 0.3) is 0 Å². The molecule has 2 rings (SSSR count). The lowest BCUT2D eigenvalue weighted by atomic mass is 10.2. The zero-order valence-electron chi connectivity index (χ0n) is 8.18. The first-order chi connectivity index (χ1) is 7.79. The quantitative estimate of drug-likeness (QED) is 0.790. The van der Waals surface area contributed by atoms with Gasteiger partial charge in [0.1, 0.15) is 11.6 Å². The largest absolute Gasteiger partial charge is 0.456 e. The number of hydrogen-bond donors (Lipinski definition) is 1. The first kappa shape index (κ1) is 11.8. The summed E-state index contributed by atoms with van der Waals surface area (Å²) in [6.07, 6.45) is -4.71. The summed E-state index contributed by atoms with van der Waals surface area (Å²) in [7, 11) is 0. The number of fused-ring (bicyclic) bond motifs is 1. The highest BCUT2D eigenvalue weighted by atomic mass is 19.4. The maximum absolute atomic E-state index is 13.2. The van der Waals surface area contributed by atoms with Gasteiger partial charge in [-0.25, -0.2) is 8.78 Å². The van der Waals surface area contributed by atoms with Crippen molar-refractivity contribution < 1.29 is 26.4 Å². The predicted molar refractivity (Wildman–Crippen MR) is 49.1 cm³/mol. The predicted octanol–water partition coefficient (Wildman–Crippen LogP) is 3.27. The van der Waals surface area contributed by atoms with Gasteiger partial charge in [0, 0.05) is 11.5 Å². The zero-order valence-corrected chi connectivity index (χ0v) is 8.18. The van der Waals surface area contributed by atoms with Gasteiger partial charge >= 0.3 is 6.18 Å². The molecule has 0 spiro atoms. The van der Waals surface area contributed by atoms with Crippen molar-refractivity contribution in [1.82, 2.24) is 0 Å². The summed E-state index contributed by atoms with van der Waals surface area (Å²) in [5.41, 5.74) is 4.45. The number of benzene rings is 1. The Morgan fingerprint density at radius 3 is 2.35 bits per heavy atom. The van der Waals surface area contributed by atoms with Crippen LogP contribution in [0, 0.1) is 11.6 Å². The molecule has 1 aromatic heterocycles. The van der Waals surface area contributed by atoms with Crippen molar-refractivity contribution in [1.29, 1.82) is 0 Å². The zero-order chi connectivity index (χ0) is 12.8. The molecule has 0 amide bonds. The molecular weight excluding hydrogens is 245 g/mol. The lowest BCUT2D eigenvalue weighted by Crippen LogP contribution is -2.27. The van der Waals surface area contributed by atoms with Gasteiger partial charge in [-0.1, -0.05) is 0 Å². The average Bonchev–Trinajstić information content (AvgIpc) is 2.58. The van der Waals surface area contributed by atoms with Crippen molar-refractivity contribution in [3.05, 3.63) is 35.6 Å². The van der Waals surface area contributed by atoms with Gasteiger partial charge in [-0.3, -0.25) is 0 Å². The Bertz CT molecular complexity index is 560. The second kappa shape index (κ2) is 3.69. The summed E-state index contributed by atoms with van der Waals surface area (Å²) in [5.74, 6) is -2.62. The number of alkyl halides is 3. The van der Waals surface area contributed by atoms with E-state index in [0.717, 1.165) is 12.1 Å². The van der Waals surface area contributed by atoms with Crippen molar-refractivity contribution in [2.45, 2.75) is 12.2 Å². The van der Waals surface area contributed by atoms with Crippen LogP contribution in [0.15, 0.2) is 22.6 Å². The molecule has 1 heterocycles. The molecule has 1 aromatic carbocycles. The Morgan fingerprint density at radius 2 is 1.76 bits per heavy atom. The molecule has 0 saturated carbocycles. The van der Waals surface area contributed by atoms with E-state index in [2.05, 4.69) is 4.42 Å². The molecule has 0 unspecified atom stereocenters. The number of furan rings is 1. The molecule has 0 saturated heterocycles. The molecule has 0 radical (unpaired) electrons. The molecule has 0 bridgehead atoms. The summed E-state index contributed by atoms with van der Waals surface area (Å²) in [4.78, 5) is 0. The minimum atomic E-state index is -4.71. The van der Waals surface area contributed by atoms with Crippen molar-refractivity contribution in [3.63, 3.8) is 0 Å². The summed E-state index contributed by atoms with van der Waals surface area (Å²) in [6.45, 7) is 0. The van der Waals surface area contributed by atoms with Crippen molar-refractivity contribution in [2.24, 2.45) is 5.73 Å². The number of halogens is 5. The normalized spacial score (nSPS) is 14.2. The Balaban J connectivity index is 2.56. The van der Waals surface area contributed by atoms with Gasteiger partial charge in [-0.2, -0.15) is 13.2 Å². The molecule has 2 N–H and O–H groups in total. The van der Waals surface area contributed by atoms with E-state index in [9.17, 15) is 22.0 Å². The first-order valence-electron chi connectivity index (χ1n) is 4.50. The molecule has 1 atom stereocenters. The fourth-order valence-electron chi connectivity index (χ4n) is 1.41. The molecule has 0 aliphatic heterocycles.